The number of ketones is 1. The number of allylic oxidation sites excluding steroid dienone is 1. The molecule has 0 aliphatic carbocycles. The minimum Gasteiger partial charge on any atom is -0.493 e. The molecule has 2 aromatic carbocycles. The molecule has 0 spiro atoms. The van der Waals surface area contributed by atoms with E-state index in [9.17, 15) is 9.59 Å². The monoisotopic (exact) mass is 398 g/mol. The molecule has 1 unspecified atom stereocenters. The first-order valence-corrected chi connectivity index (χ1v) is 9.11. The zero-order chi connectivity index (χ0) is 21.0. The van der Waals surface area contributed by atoms with Crippen LogP contribution in [0.3, 0.4) is 0 Å². The fourth-order valence-corrected chi connectivity index (χ4v) is 2.92. The van der Waals surface area contributed by atoms with Crippen LogP contribution in [-0.2, 0) is 9.53 Å². The summed E-state index contributed by atoms with van der Waals surface area (Å²) in [4.78, 5) is 24.4. The van der Waals surface area contributed by atoms with Crippen molar-refractivity contribution in [3.8, 4) is 23.0 Å². The van der Waals surface area contributed by atoms with Gasteiger partial charge in [0, 0.05) is 11.6 Å². The summed E-state index contributed by atoms with van der Waals surface area (Å²) in [6, 6.07) is 10.2. The molecule has 0 bridgehead atoms. The summed E-state index contributed by atoms with van der Waals surface area (Å²) in [5.74, 6) is 1.25. The maximum absolute atomic E-state index is 12.7. The van der Waals surface area contributed by atoms with E-state index in [1.165, 1.54) is 7.11 Å². The number of benzene rings is 2. The van der Waals surface area contributed by atoms with Gasteiger partial charge in [-0.3, -0.25) is 4.79 Å². The Labute approximate surface area is 168 Å². The summed E-state index contributed by atoms with van der Waals surface area (Å²) in [6.07, 6.45) is 0.826. The molecule has 7 nitrogen and oxygen atoms in total. The van der Waals surface area contributed by atoms with Gasteiger partial charge in [0.1, 0.15) is 11.5 Å². The maximum Gasteiger partial charge on any atom is 0.347 e. The number of methoxy groups -OCH3 is 2. The third kappa shape index (κ3) is 4.18. The van der Waals surface area contributed by atoms with Crippen molar-refractivity contribution in [1.29, 1.82) is 0 Å². The van der Waals surface area contributed by atoms with Gasteiger partial charge in [-0.25, -0.2) is 4.79 Å². The Morgan fingerprint density at radius 1 is 1.17 bits per heavy atom. The predicted molar refractivity (Wildman–Crippen MR) is 106 cm³/mol. The molecule has 1 aliphatic rings. The second-order valence-corrected chi connectivity index (χ2v) is 6.19. The fraction of sp³-hybridized carbons (Fsp3) is 0.273. The van der Waals surface area contributed by atoms with Gasteiger partial charge in [0.05, 0.1) is 26.4 Å². The van der Waals surface area contributed by atoms with Crippen LogP contribution in [0.2, 0.25) is 0 Å². The van der Waals surface area contributed by atoms with Gasteiger partial charge in [-0.15, -0.1) is 0 Å². The van der Waals surface area contributed by atoms with Crippen LogP contribution in [0.25, 0.3) is 6.08 Å². The van der Waals surface area contributed by atoms with Crippen LogP contribution in [0.1, 0.15) is 29.8 Å². The number of para-hydroxylation sites is 1. The average Bonchev–Trinajstić information content (AvgIpc) is 3.02. The Bertz CT molecular complexity index is 962. The third-order valence-corrected chi connectivity index (χ3v) is 4.29. The average molecular weight is 398 g/mol. The molecule has 3 rings (SSSR count). The van der Waals surface area contributed by atoms with E-state index in [2.05, 4.69) is 0 Å². The molecule has 152 valence electrons. The van der Waals surface area contributed by atoms with E-state index >= 15 is 0 Å². The highest BCUT2D eigenvalue weighted by Gasteiger charge is 2.29. The van der Waals surface area contributed by atoms with Gasteiger partial charge in [-0.05, 0) is 38.1 Å². The number of esters is 1. The Kier molecular flexibility index (Phi) is 6.07. The van der Waals surface area contributed by atoms with E-state index in [1.54, 1.807) is 63.4 Å². The zero-order valence-electron chi connectivity index (χ0n) is 16.7. The summed E-state index contributed by atoms with van der Waals surface area (Å²) in [5, 5.41) is 0. The summed E-state index contributed by atoms with van der Waals surface area (Å²) < 4.78 is 26.9. The molecule has 7 heteroatoms. The van der Waals surface area contributed by atoms with E-state index in [0.29, 0.717) is 34.1 Å². The zero-order valence-corrected chi connectivity index (χ0v) is 16.7. The van der Waals surface area contributed by atoms with Crippen molar-refractivity contribution in [3.63, 3.8) is 0 Å². The third-order valence-electron chi connectivity index (χ3n) is 4.29. The lowest BCUT2D eigenvalue weighted by Gasteiger charge is -2.13. The number of rotatable bonds is 7. The molecule has 1 aliphatic heterocycles. The number of hydrogen-bond donors (Lipinski definition) is 0. The molecule has 0 amide bonds. The number of carbonyl (C=O) groups is 2. The van der Waals surface area contributed by atoms with Crippen LogP contribution in [0, 0.1) is 0 Å². The molecule has 0 saturated carbocycles. The number of hydrogen-bond acceptors (Lipinski definition) is 7. The molecule has 0 radical (unpaired) electrons. The molecule has 0 fully saturated rings. The van der Waals surface area contributed by atoms with Gasteiger partial charge < -0.3 is 23.7 Å². The SMILES string of the molecule is CCOC(=O)C(C)Oc1ccc2c(c1)OC(=Cc1cccc(OC)c1OC)C2=O. The molecule has 0 N–H and O–H groups in total. The first-order valence-electron chi connectivity index (χ1n) is 9.11. The van der Waals surface area contributed by atoms with Gasteiger partial charge in [-0.1, -0.05) is 12.1 Å². The largest absolute Gasteiger partial charge is 0.493 e. The van der Waals surface area contributed by atoms with Crippen LogP contribution >= 0.6 is 0 Å². The van der Waals surface area contributed by atoms with Crippen LogP contribution in [0.5, 0.6) is 23.0 Å². The van der Waals surface area contributed by atoms with E-state index in [4.69, 9.17) is 23.7 Å². The second kappa shape index (κ2) is 8.68. The lowest BCUT2D eigenvalue weighted by Crippen LogP contribution is -2.26. The van der Waals surface area contributed by atoms with Gasteiger partial charge in [0.25, 0.3) is 0 Å². The van der Waals surface area contributed by atoms with Crippen molar-refractivity contribution in [2.24, 2.45) is 0 Å². The van der Waals surface area contributed by atoms with Crippen molar-refractivity contribution >= 4 is 17.8 Å². The maximum atomic E-state index is 12.7. The number of carbonyl (C=O) groups excluding carboxylic acids is 2. The van der Waals surface area contributed by atoms with Crippen LogP contribution in [0.15, 0.2) is 42.2 Å². The first kappa shape index (κ1) is 20.3. The second-order valence-electron chi connectivity index (χ2n) is 6.19. The Hall–Kier alpha value is -3.48. The smallest absolute Gasteiger partial charge is 0.347 e. The van der Waals surface area contributed by atoms with Crippen molar-refractivity contribution in [2.75, 3.05) is 20.8 Å². The van der Waals surface area contributed by atoms with E-state index in [0.717, 1.165) is 0 Å². The topological polar surface area (TPSA) is 80.3 Å². The summed E-state index contributed by atoms with van der Waals surface area (Å²) in [7, 11) is 3.07. The lowest BCUT2D eigenvalue weighted by atomic mass is 10.1. The number of Topliss-reactive ketones (excluding diaryl/α,β-unsaturated/α-hetero) is 1. The molecule has 0 saturated heterocycles. The molecule has 1 heterocycles. The van der Waals surface area contributed by atoms with Crippen molar-refractivity contribution in [3.05, 3.63) is 53.3 Å². The molecule has 29 heavy (non-hydrogen) atoms. The molecule has 0 aromatic heterocycles. The quantitative estimate of drug-likeness (QED) is 0.520. The lowest BCUT2D eigenvalue weighted by molar-refractivity contribution is -0.150. The van der Waals surface area contributed by atoms with E-state index in [1.807, 2.05) is 0 Å². The van der Waals surface area contributed by atoms with Crippen molar-refractivity contribution in [1.82, 2.24) is 0 Å². The van der Waals surface area contributed by atoms with Gasteiger partial charge in [0.15, 0.2) is 23.4 Å². The predicted octanol–water partition coefficient (Wildman–Crippen LogP) is 3.65. The van der Waals surface area contributed by atoms with Crippen molar-refractivity contribution in [2.45, 2.75) is 20.0 Å². The van der Waals surface area contributed by atoms with Crippen molar-refractivity contribution < 1.29 is 33.3 Å². The molecular formula is C22H22O7. The van der Waals surface area contributed by atoms with Crippen LogP contribution < -0.4 is 18.9 Å². The van der Waals surface area contributed by atoms with Crippen LogP contribution in [0.4, 0.5) is 0 Å². The van der Waals surface area contributed by atoms with E-state index in [-0.39, 0.29) is 18.1 Å². The Morgan fingerprint density at radius 3 is 2.66 bits per heavy atom. The highest BCUT2D eigenvalue weighted by Crippen LogP contribution is 2.37. The minimum atomic E-state index is -0.777. The Balaban J connectivity index is 1.84. The normalized spacial score (nSPS) is 14.8. The highest BCUT2D eigenvalue weighted by molar-refractivity contribution is 6.14. The molecular weight excluding hydrogens is 376 g/mol. The van der Waals surface area contributed by atoms with Crippen LogP contribution in [-0.4, -0.2) is 38.7 Å². The Morgan fingerprint density at radius 2 is 1.97 bits per heavy atom. The highest BCUT2D eigenvalue weighted by atomic mass is 16.6. The fourth-order valence-electron chi connectivity index (χ4n) is 2.92. The van der Waals surface area contributed by atoms with Gasteiger partial charge in [0.2, 0.25) is 5.78 Å². The molecule has 2 aromatic rings. The standard InChI is InChI=1S/C22H22O7/c1-5-27-22(24)13(2)28-15-9-10-16-18(12-15)29-19(20(16)23)11-14-7-6-8-17(25-3)21(14)26-4/h6-13H,5H2,1-4H3. The summed E-state index contributed by atoms with van der Waals surface area (Å²) in [6.45, 7) is 3.60. The molecule has 1 atom stereocenters. The van der Waals surface area contributed by atoms with E-state index < -0.39 is 12.1 Å². The number of fused-ring (bicyclic) bond motifs is 1. The van der Waals surface area contributed by atoms with Gasteiger partial charge in [-0.2, -0.15) is 0 Å². The summed E-state index contributed by atoms with van der Waals surface area (Å²) >= 11 is 0. The first-order chi connectivity index (χ1) is 14.0. The minimum absolute atomic E-state index is 0.155. The van der Waals surface area contributed by atoms with Gasteiger partial charge >= 0.3 is 5.97 Å². The number of ether oxygens (including phenoxy) is 5. The summed E-state index contributed by atoms with van der Waals surface area (Å²) in [5.41, 5.74) is 1.06.